The minimum Gasteiger partial charge on any atom is -0.381 e. The van der Waals surface area contributed by atoms with Crippen molar-refractivity contribution in [2.24, 2.45) is 11.8 Å². The monoisotopic (exact) mass is 172 g/mol. The van der Waals surface area contributed by atoms with Crippen LogP contribution in [0.15, 0.2) is 0 Å². The lowest BCUT2D eigenvalue weighted by Gasteiger charge is -2.27. The third-order valence-electron chi connectivity index (χ3n) is 3.05. The van der Waals surface area contributed by atoms with Gasteiger partial charge in [0.2, 0.25) is 0 Å². The zero-order valence-electron chi connectivity index (χ0n) is 8.54. The van der Waals surface area contributed by atoms with Gasteiger partial charge in [0, 0.05) is 19.6 Å². The van der Waals surface area contributed by atoms with Gasteiger partial charge in [0.25, 0.3) is 0 Å². The summed E-state index contributed by atoms with van der Waals surface area (Å²) in [4.78, 5) is 0. The summed E-state index contributed by atoms with van der Waals surface area (Å²) in [5, 5.41) is 0. The number of hydrogen-bond donors (Lipinski definition) is 0. The third-order valence-corrected chi connectivity index (χ3v) is 3.05. The Morgan fingerprint density at radius 1 is 1.25 bits per heavy atom. The summed E-state index contributed by atoms with van der Waals surface area (Å²) in [6, 6.07) is 0. The van der Waals surface area contributed by atoms with Crippen LogP contribution in [0.1, 0.15) is 27.2 Å². The van der Waals surface area contributed by atoms with Crippen LogP contribution in [0.5, 0.6) is 0 Å². The Kier molecular flexibility index (Phi) is 3.53. The van der Waals surface area contributed by atoms with Crippen LogP contribution in [0.4, 0.5) is 0 Å². The van der Waals surface area contributed by atoms with Crippen LogP contribution in [-0.2, 0) is 9.47 Å². The highest BCUT2D eigenvalue weighted by Crippen LogP contribution is 2.26. The topological polar surface area (TPSA) is 18.5 Å². The van der Waals surface area contributed by atoms with Crippen molar-refractivity contribution in [1.29, 1.82) is 0 Å². The molecule has 2 heteroatoms. The van der Waals surface area contributed by atoms with E-state index in [4.69, 9.17) is 9.47 Å². The molecule has 0 N–H and O–H groups in total. The minimum absolute atomic E-state index is 0.333. The highest BCUT2D eigenvalue weighted by atomic mass is 16.5. The molecule has 1 rings (SSSR count). The quantitative estimate of drug-likeness (QED) is 0.603. The van der Waals surface area contributed by atoms with Gasteiger partial charge in [-0.25, -0.2) is 0 Å². The van der Waals surface area contributed by atoms with Crippen LogP contribution in [-0.4, -0.2) is 25.9 Å². The molecule has 2 nitrogen and oxygen atoms in total. The van der Waals surface area contributed by atoms with Crippen molar-refractivity contribution in [2.45, 2.75) is 39.4 Å². The summed E-state index contributed by atoms with van der Waals surface area (Å²) in [7, 11) is 1.80. The van der Waals surface area contributed by atoms with Crippen molar-refractivity contribution < 1.29 is 9.47 Å². The van der Waals surface area contributed by atoms with Gasteiger partial charge in [0.05, 0.1) is 12.2 Å². The van der Waals surface area contributed by atoms with Crippen LogP contribution < -0.4 is 0 Å². The molecule has 0 aromatic heterocycles. The molecule has 1 aliphatic heterocycles. The average molecular weight is 172 g/mol. The number of ether oxygens (including phenoxy) is 2. The van der Waals surface area contributed by atoms with Gasteiger partial charge in [-0.05, 0) is 19.3 Å². The van der Waals surface area contributed by atoms with Crippen molar-refractivity contribution in [1.82, 2.24) is 0 Å². The Morgan fingerprint density at radius 2 is 1.92 bits per heavy atom. The fourth-order valence-corrected chi connectivity index (χ4v) is 1.99. The van der Waals surface area contributed by atoms with Gasteiger partial charge in [0.15, 0.2) is 0 Å². The zero-order valence-corrected chi connectivity index (χ0v) is 8.54. The Morgan fingerprint density at radius 3 is 2.50 bits per heavy atom. The smallest absolute Gasteiger partial charge is 0.0647 e. The Labute approximate surface area is 75.2 Å². The molecule has 4 unspecified atom stereocenters. The van der Waals surface area contributed by atoms with Crippen molar-refractivity contribution in [2.75, 3.05) is 13.7 Å². The molecule has 12 heavy (non-hydrogen) atoms. The van der Waals surface area contributed by atoms with Crippen molar-refractivity contribution >= 4 is 0 Å². The molecule has 0 spiro atoms. The second-order valence-corrected chi connectivity index (χ2v) is 3.90. The van der Waals surface area contributed by atoms with Gasteiger partial charge in [-0.3, -0.25) is 0 Å². The van der Waals surface area contributed by atoms with Crippen molar-refractivity contribution in [3.63, 3.8) is 0 Å². The summed E-state index contributed by atoms with van der Waals surface area (Å²) in [6.07, 6.45) is 1.81. The van der Waals surface area contributed by atoms with Gasteiger partial charge in [-0.1, -0.05) is 13.8 Å². The standard InChI is InChI=1S/C10H20O2/c1-7-5-6-12-9(3)8(2)10(7)11-4/h7-10H,5-6H2,1-4H3. The largest absolute Gasteiger partial charge is 0.381 e. The van der Waals surface area contributed by atoms with E-state index in [1.54, 1.807) is 7.11 Å². The first kappa shape index (κ1) is 10.0. The Hall–Kier alpha value is -0.0800. The maximum Gasteiger partial charge on any atom is 0.0647 e. The Balaban J connectivity index is 2.63. The first-order valence-electron chi connectivity index (χ1n) is 4.81. The molecular weight excluding hydrogens is 152 g/mol. The molecule has 0 bridgehead atoms. The maximum atomic E-state index is 5.64. The molecule has 1 fully saturated rings. The second-order valence-electron chi connectivity index (χ2n) is 3.90. The van der Waals surface area contributed by atoms with Crippen LogP contribution in [0.2, 0.25) is 0 Å². The van der Waals surface area contributed by atoms with Crippen LogP contribution in [0.25, 0.3) is 0 Å². The van der Waals surface area contributed by atoms with E-state index in [1.807, 2.05) is 0 Å². The molecule has 0 amide bonds. The van der Waals surface area contributed by atoms with E-state index in [1.165, 1.54) is 0 Å². The van der Waals surface area contributed by atoms with Crippen LogP contribution in [0.3, 0.4) is 0 Å². The van der Waals surface area contributed by atoms with Crippen molar-refractivity contribution in [3.8, 4) is 0 Å². The lowest BCUT2D eigenvalue weighted by molar-refractivity contribution is -0.0214. The van der Waals surface area contributed by atoms with E-state index in [9.17, 15) is 0 Å². The zero-order chi connectivity index (χ0) is 9.14. The number of hydrogen-bond acceptors (Lipinski definition) is 2. The average Bonchev–Trinajstić information content (AvgIpc) is 2.14. The molecule has 0 saturated carbocycles. The van der Waals surface area contributed by atoms with Gasteiger partial charge >= 0.3 is 0 Å². The lowest BCUT2D eigenvalue weighted by Crippen LogP contribution is -2.32. The predicted molar refractivity (Wildman–Crippen MR) is 49.2 cm³/mol. The molecule has 0 radical (unpaired) electrons. The van der Waals surface area contributed by atoms with E-state index < -0.39 is 0 Å². The van der Waals surface area contributed by atoms with Crippen molar-refractivity contribution in [3.05, 3.63) is 0 Å². The maximum absolute atomic E-state index is 5.64. The molecular formula is C10H20O2. The summed E-state index contributed by atoms with van der Waals surface area (Å²) in [6.45, 7) is 7.47. The predicted octanol–water partition coefficient (Wildman–Crippen LogP) is 2.08. The summed E-state index contributed by atoms with van der Waals surface area (Å²) >= 11 is 0. The summed E-state index contributed by atoms with van der Waals surface area (Å²) in [5.41, 5.74) is 0. The first-order chi connectivity index (χ1) is 5.66. The molecule has 0 aliphatic carbocycles. The second kappa shape index (κ2) is 4.24. The molecule has 0 aromatic rings. The normalized spacial score (nSPS) is 44.0. The first-order valence-corrected chi connectivity index (χ1v) is 4.81. The van der Waals surface area contributed by atoms with Gasteiger partial charge in [-0.15, -0.1) is 0 Å². The van der Waals surface area contributed by atoms with E-state index >= 15 is 0 Å². The molecule has 1 heterocycles. The van der Waals surface area contributed by atoms with Gasteiger partial charge in [0.1, 0.15) is 0 Å². The van der Waals surface area contributed by atoms with Gasteiger partial charge < -0.3 is 9.47 Å². The summed E-state index contributed by atoms with van der Waals surface area (Å²) < 4.78 is 11.1. The molecule has 1 aliphatic rings. The molecule has 0 aromatic carbocycles. The SMILES string of the molecule is COC1C(C)CCOC(C)C1C. The number of methoxy groups -OCH3 is 1. The van der Waals surface area contributed by atoms with E-state index in [-0.39, 0.29) is 0 Å². The molecule has 4 atom stereocenters. The number of rotatable bonds is 1. The van der Waals surface area contributed by atoms with Gasteiger partial charge in [-0.2, -0.15) is 0 Å². The lowest BCUT2D eigenvalue weighted by atomic mass is 9.89. The fraction of sp³-hybridized carbons (Fsp3) is 1.00. The van der Waals surface area contributed by atoms with E-state index in [0.29, 0.717) is 24.0 Å². The molecule has 1 saturated heterocycles. The van der Waals surface area contributed by atoms with E-state index in [2.05, 4.69) is 20.8 Å². The minimum atomic E-state index is 0.333. The van der Waals surface area contributed by atoms with Crippen LogP contribution in [0, 0.1) is 11.8 Å². The summed E-state index contributed by atoms with van der Waals surface area (Å²) in [5.74, 6) is 1.13. The molecule has 72 valence electrons. The highest BCUT2D eigenvalue weighted by Gasteiger charge is 2.30. The Bertz CT molecular complexity index is 136. The van der Waals surface area contributed by atoms with Crippen LogP contribution >= 0.6 is 0 Å². The van der Waals surface area contributed by atoms with E-state index in [0.717, 1.165) is 13.0 Å². The third kappa shape index (κ3) is 1.99. The highest BCUT2D eigenvalue weighted by molar-refractivity contribution is 4.79. The fourth-order valence-electron chi connectivity index (χ4n) is 1.99.